The molecule has 21 heavy (non-hydrogen) atoms. The molecular formula is C14H12Cl2N4O. The highest BCUT2D eigenvalue weighted by molar-refractivity contribution is 6.34. The van der Waals surface area contributed by atoms with Gasteiger partial charge in [-0.2, -0.15) is 0 Å². The van der Waals surface area contributed by atoms with Crippen LogP contribution in [0.1, 0.15) is 34.8 Å². The molecule has 0 aromatic carbocycles. The molecule has 2 aromatic heterocycles. The van der Waals surface area contributed by atoms with Gasteiger partial charge in [-0.3, -0.25) is 9.78 Å². The molecule has 0 radical (unpaired) electrons. The van der Waals surface area contributed by atoms with Gasteiger partial charge in [-0.15, -0.1) is 10.2 Å². The van der Waals surface area contributed by atoms with Crippen molar-refractivity contribution in [2.45, 2.75) is 18.9 Å². The van der Waals surface area contributed by atoms with Crippen molar-refractivity contribution in [3.63, 3.8) is 0 Å². The van der Waals surface area contributed by atoms with E-state index in [9.17, 15) is 4.79 Å². The summed E-state index contributed by atoms with van der Waals surface area (Å²) in [5, 5.41) is 7.54. The highest BCUT2D eigenvalue weighted by Crippen LogP contribution is 2.33. The van der Waals surface area contributed by atoms with E-state index in [0.29, 0.717) is 6.54 Å². The predicted octanol–water partition coefficient (Wildman–Crippen LogP) is 3.16. The first-order chi connectivity index (χ1) is 10.2. The number of pyridine rings is 1. The van der Waals surface area contributed by atoms with Gasteiger partial charge in [0.1, 0.15) is 0 Å². The molecule has 0 aliphatic carbocycles. The molecule has 1 aliphatic heterocycles. The Kier molecular flexibility index (Phi) is 4.03. The van der Waals surface area contributed by atoms with Crippen LogP contribution in [0.15, 0.2) is 30.6 Å². The lowest BCUT2D eigenvalue weighted by Crippen LogP contribution is -2.31. The molecule has 0 N–H and O–H groups in total. The first-order valence-electron chi connectivity index (χ1n) is 6.56. The normalized spacial score (nSPS) is 18.0. The van der Waals surface area contributed by atoms with Crippen LogP contribution in [0.5, 0.6) is 0 Å². The molecule has 1 saturated heterocycles. The lowest BCUT2D eigenvalue weighted by molar-refractivity contribution is 0.0735. The second kappa shape index (κ2) is 5.95. The van der Waals surface area contributed by atoms with E-state index in [-0.39, 0.29) is 27.8 Å². The average molecular weight is 323 g/mol. The largest absolute Gasteiger partial charge is 0.331 e. The van der Waals surface area contributed by atoms with E-state index in [1.807, 2.05) is 12.1 Å². The molecule has 2 aromatic rings. The topological polar surface area (TPSA) is 59.0 Å². The first-order valence-corrected chi connectivity index (χ1v) is 7.32. The number of hydrogen-bond donors (Lipinski definition) is 0. The third-order valence-corrected chi connectivity index (χ3v) is 4.00. The minimum atomic E-state index is -0.178. The second-order valence-electron chi connectivity index (χ2n) is 4.81. The maximum absolute atomic E-state index is 12.7. The van der Waals surface area contributed by atoms with Gasteiger partial charge < -0.3 is 4.90 Å². The maximum Gasteiger partial charge on any atom is 0.257 e. The fourth-order valence-corrected chi connectivity index (χ4v) is 2.91. The Hall–Kier alpha value is -1.72. The maximum atomic E-state index is 12.7. The molecule has 1 amide bonds. The van der Waals surface area contributed by atoms with Crippen LogP contribution in [0.3, 0.4) is 0 Å². The van der Waals surface area contributed by atoms with Crippen molar-refractivity contribution >= 4 is 29.1 Å². The van der Waals surface area contributed by atoms with E-state index >= 15 is 0 Å². The average Bonchev–Trinajstić information content (AvgIpc) is 2.99. The first kappa shape index (κ1) is 14.2. The Bertz CT molecular complexity index is 665. The fraction of sp³-hybridized carbons (Fsp3) is 0.286. The van der Waals surface area contributed by atoms with Crippen molar-refractivity contribution < 1.29 is 4.79 Å². The third-order valence-electron chi connectivity index (χ3n) is 3.53. The second-order valence-corrected chi connectivity index (χ2v) is 5.56. The van der Waals surface area contributed by atoms with Crippen LogP contribution < -0.4 is 0 Å². The summed E-state index contributed by atoms with van der Waals surface area (Å²) in [5.41, 5.74) is 1.31. The van der Waals surface area contributed by atoms with Gasteiger partial charge in [0, 0.05) is 18.9 Å². The quantitative estimate of drug-likeness (QED) is 0.852. The van der Waals surface area contributed by atoms with Crippen molar-refractivity contribution in [1.29, 1.82) is 0 Å². The summed E-state index contributed by atoms with van der Waals surface area (Å²) in [4.78, 5) is 18.6. The van der Waals surface area contributed by atoms with Crippen LogP contribution in [-0.2, 0) is 0 Å². The molecule has 5 nitrogen and oxygen atoms in total. The summed E-state index contributed by atoms with van der Waals surface area (Å²) in [5.74, 6) is -0.178. The van der Waals surface area contributed by atoms with Crippen molar-refractivity contribution in [1.82, 2.24) is 20.1 Å². The smallest absolute Gasteiger partial charge is 0.257 e. The minimum Gasteiger partial charge on any atom is -0.331 e. The third kappa shape index (κ3) is 2.84. The lowest BCUT2D eigenvalue weighted by atomic mass is 10.1. The number of likely N-dealkylation sites (tertiary alicyclic amines) is 1. The zero-order chi connectivity index (χ0) is 14.8. The number of amides is 1. The molecule has 1 unspecified atom stereocenters. The molecule has 3 heterocycles. The van der Waals surface area contributed by atoms with E-state index in [4.69, 9.17) is 23.2 Å². The number of carbonyl (C=O) groups is 1. The molecule has 1 aliphatic rings. The predicted molar refractivity (Wildman–Crippen MR) is 79.3 cm³/mol. The molecular weight excluding hydrogens is 311 g/mol. The van der Waals surface area contributed by atoms with E-state index < -0.39 is 0 Å². The van der Waals surface area contributed by atoms with Gasteiger partial charge in [0.05, 0.1) is 11.6 Å². The van der Waals surface area contributed by atoms with Gasteiger partial charge >= 0.3 is 0 Å². The Morgan fingerprint density at radius 3 is 2.95 bits per heavy atom. The molecule has 1 fully saturated rings. The van der Waals surface area contributed by atoms with E-state index in [1.165, 1.54) is 6.07 Å². The Morgan fingerprint density at radius 1 is 1.33 bits per heavy atom. The number of aromatic nitrogens is 3. The van der Waals surface area contributed by atoms with E-state index in [2.05, 4.69) is 15.2 Å². The summed E-state index contributed by atoms with van der Waals surface area (Å²) in [7, 11) is 0. The van der Waals surface area contributed by atoms with Crippen LogP contribution in [0, 0.1) is 0 Å². The van der Waals surface area contributed by atoms with Crippen LogP contribution in [0.25, 0.3) is 0 Å². The highest BCUT2D eigenvalue weighted by Gasteiger charge is 2.32. The van der Waals surface area contributed by atoms with Crippen LogP contribution in [0.4, 0.5) is 0 Å². The number of rotatable bonds is 2. The molecule has 108 valence electrons. The molecule has 0 bridgehead atoms. The Balaban J connectivity index is 1.92. The van der Waals surface area contributed by atoms with Crippen molar-refractivity contribution in [2.24, 2.45) is 0 Å². The Labute approximate surface area is 131 Å². The summed E-state index contributed by atoms with van der Waals surface area (Å²) < 4.78 is 0. The summed E-state index contributed by atoms with van der Waals surface area (Å²) >= 11 is 11.8. The van der Waals surface area contributed by atoms with Crippen LogP contribution in [0.2, 0.25) is 10.3 Å². The number of carbonyl (C=O) groups excluding carboxylic acids is 1. The Morgan fingerprint density at radius 2 is 2.19 bits per heavy atom. The van der Waals surface area contributed by atoms with Gasteiger partial charge in [-0.1, -0.05) is 29.3 Å². The van der Waals surface area contributed by atoms with Gasteiger partial charge in [0.25, 0.3) is 5.91 Å². The molecule has 1 atom stereocenters. The number of nitrogens with zero attached hydrogens (tertiary/aromatic N) is 4. The lowest BCUT2D eigenvalue weighted by Gasteiger charge is -2.25. The molecule has 0 spiro atoms. The van der Waals surface area contributed by atoms with Crippen molar-refractivity contribution in [2.75, 3.05) is 6.54 Å². The number of halogens is 2. The molecule has 7 heteroatoms. The summed E-state index contributed by atoms with van der Waals surface area (Å²) in [6.45, 7) is 0.675. The van der Waals surface area contributed by atoms with Gasteiger partial charge in [-0.25, -0.2) is 0 Å². The molecule has 3 rings (SSSR count). The van der Waals surface area contributed by atoms with Gasteiger partial charge in [0.15, 0.2) is 10.3 Å². The van der Waals surface area contributed by atoms with Crippen molar-refractivity contribution in [3.8, 4) is 0 Å². The van der Waals surface area contributed by atoms with E-state index in [1.54, 1.807) is 17.3 Å². The van der Waals surface area contributed by atoms with Crippen LogP contribution in [-0.4, -0.2) is 32.5 Å². The zero-order valence-electron chi connectivity index (χ0n) is 11.0. The summed E-state index contributed by atoms with van der Waals surface area (Å²) in [6, 6.07) is 5.31. The molecule has 0 saturated carbocycles. The number of hydrogen-bond acceptors (Lipinski definition) is 4. The van der Waals surface area contributed by atoms with Gasteiger partial charge in [-0.05, 0) is 30.5 Å². The fourth-order valence-electron chi connectivity index (χ4n) is 2.59. The SMILES string of the molecule is O=C(c1cc(Cl)nnc1Cl)N1CCCC1c1cccnc1. The minimum absolute atomic E-state index is 0.00853. The summed E-state index contributed by atoms with van der Waals surface area (Å²) in [6.07, 6.45) is 5.35. The zero-order valence-corrected chi connectivity index (χ0v) is 12.6. The monoisotopic (exact) mass is 322 g/mol. The van der Waals surface area contributed by atoms with Crippen molar-refractivity contribution in [3.05, 3.63) is 52.0 Å². The van der Waals surface area contributed by atoms with E-state index in [0.717, 1.165) is 18.4 Å². The highest BCUT2D eigenvalue weighted by atomic mass is 35.5. The van der Waals surface area contributed by atoms with Gasteiger partial charge in [0.2, 0.25) is 0 Å². The standard InChI is InChI=1S/C14H12Cl2N4O/c15-12-7-10(13(16)19-18-12)14(21)20-6-2-4-11(20)9-3-1-5-17-8-9/h1,3,5,7-8,11H,2,4,6H2. The van der Waals surface area contributed by atoms with Crippen LogP contribution >= 0.6 is 23.2 Å².